The molecule has 0 bridgehead atoms. The number of nitrogens with one attached hydrogen (secondary N) is 1. The maximum Gasteiger partial charge on any atom is 0.227 e. The molecule has 5 rings (SSSR count). The first-order chi connectivity index (χ1) is 16.6. The molecule has 2 heterocycles. The van der Waals surface area contributed by atoms with E-state index >= 15 is 0 Å². The van der Waals surface area contributed by atoms with Gasteiger partial charge in [0.1, 0.15) is 0 Å². The molecule has 1 aliphatic carbocycles. The van der Waals surface area contributed by atoms with Crippen molar-refractivity contribution in [3.05, 3.63) is 54.2 Å². The monoisotopic (exact) mass is 477 g/mol. The highest BCUT2D eigenvalue weighted by molar-refractivity contribution is 8.00. The second-order valence-corrected chi connectivity index (χ2v) is 10.7. The average Bonchev–Trinajstić information content (AvgIpc) is 2.88. The van der Waals surface area contributed by atoms with Gasteiger partial charge in [0.2, 0.25) is 5.95 Å². The van der Waals surface area contributed by atoms with Crippen LogP contribution in [0.5, 0.6) is 0 Å². The number of rotatable bonds is 5. The number of nitrogens with zero attached hydrogens (tertiary/aromatic N) is 3. The Labute approximate surface area is 208 Å². The predicted octanol–water partition coefficient (Wildman–Crippen LogP) is 6.57. The van der Waals surface area contributed by atoms with Crippen LogP contribution in [0.2, 0.25) is 0 Å². The molecule has 2 aliphatic rings. The van der Waals surface area contributed by atoms with Crippen LogP contribution in [0.15, 0.2) is 53.6 Å². The van der Waals surface area contributed by atoms with E-state index in [0.29, 0.717) is 23.2 Å². The number of benzene rings is 2. The van der Waals surface area contributed by atoms with Gasteiger partial charge in [-0.05, 0) is 88.3 Å². The van der Waals surface area contributed by atoms with Crippen LogP contribution in [0.25, 0.3) is 10.9 Å². The summed E-state index contributed by atoms with van der Waals surface area (Å²) >= 11 is 1.95. The number of likely N-dealkylation sites (tertiary alicyclic amines) is 1. The van der Waals surface area contributed by atoms with Crippen LogP contribution in [-0.4, -0.2) is 46.3 Å². The van der Waals surface area contributed by atoms with Crippen molar-refractivity contribution in [2.45, 2.75) is 74.5 Å². The first-order valence-corrected chi connectivity index (χ1v) is 13.8. The minimum atomic E-state index is 0.378. The quantitative estimate of drug-likeness (QED) is 0.433. The number of aromatic nitrogens is 2. The predicted molar refractivity (Wildman–Crippen MR) is 146 cm³/mol. The molecule has 3 aromatic rings. The number of hydrogen-bond donors (Lipinski definition) is 2. The summed E-state index contributed by atoms with van der Waals surface area (Å²) in [6.07, 6.45) is 9.02. The maximum absolute atomic E-state index is 6.09. The van der Waals surface area contributed by atoms with Crippen molar-refractivity contribution in [2.24, 2.45) is 5.73 Å². The van der Waals surface area contributed by atoms with Gasteiger partial charge in [-0.15, -0.1) is 11.8 Å². The third-order valence-electron chi connectivity index (χ3n) is 6.94. The molecule has 0 radical (unpaired) electrons. The second-order valence-electron chi connectivity index (χ2n) is 9.37. The molecule has 1 saturated carbocycles. The number of hydrogen-bond acceptors (Lipinski definition) is 6. The van der Waals surface area contributed by atoms with E-state index in [-0.39, 0.29) is 0 Å². The van der Waals surface area contributed by atoms with Gasteiger partial charge < -0.3 is 16.0 Å². The van der Waals surface area contributed by atoms with Crippen LogP contribution in [0.1, 0.15) is 63.9 Å². The zero-order valence-electron chi connectivity index (χ0n) is 20.8. The first-order valence-electron chi connectivity index (χ1n) is 12.9. The number of para-hydroxylation sites is 1. The van der Waals surface area contributed by atoms with Gasteiger partial charge in [0.25, 0.3) is 0 Å². The molecule has 0 spiro atoms. The molecule has 3 N–H and O–H groups in total. The number of thioether (sulfide) groups is 1. The van der Waals surface area contributed by atoms with Gasteiger partial charge in [-0.25, -0.2) is 9.97 Å². The van der Waals surface area contributed by atoms with Crippen LogP contribution >= 0.6 is 11.8 Å². The van der Waals surface area contributed by atoms with Crippen molar-refractivity contribution < 1.29 is 0 Å². The minimum absolute atomic E-state index is 0.378. The van der Waals surface area contributed by atoms with E-state index < -0.39 is 0 Å². The van der Waals surface area contributed by atoms with Crippen molar-refractivity contribution in [3.8, 4) is 0 Å². The molecule has 6 heteroatoms. The SMILES string of the molecule is CC.CN1CCC(c2ccc(Nc3ncc4cccc(SC5CCC(N)CC5)c4n3)cc2)CC1. The third-order valence-corrected chi connectivity index (χ3v) is 8.33. The lowest BCUT2D eigenvalue weighted by molar-refractivity contribution is 0.255. The van der Waals surface area contributed by atoms with Crippen LogP contribution in [0, 0.1) is 0 Å². The Morgan fingerprint density at radius 3 is 2.35 bits per heavy atom. The van der Waals surface area contributed by atoms with Crippen LogP contribution in [-0.2, 0) is 0 Å². The average molecular weight is 478 g/mol. The van der Waals surface area contributed by atoms with Gasteiger partial charge in [-0.3, -0.25) is 0 Å². The Kier molecular flexibility index (Phi) is 8.81. The van der Waals surface area contributed by atoms with Crippen LogP contribution in [0.3, 0.4) is 0 Å². The lowest BCUT2D eigenvalue weighted by Gasteiger charge is -2.29. The second kappa shape index (κ2) is 12.0. The molecule has 34 heavy (non-hydrogen) atoms. The standard InChI is InChI=1S/C26H33N5S.C2H6/c1-31-15-13-19(14-16-31)18-5-9-22(10-6-18)29-26-28-17-20-3-2-4-24(25(20)30-26)32-23-11-7-21(27)8-12-23;1-2/h2-6,9-10,17,19,21,23H,7-8,11-16,27H2,1H3,(H,28,29,30);1-2H3. The lowest BCUT2D eigenvalue weighted by Crippen LogP contribution is -2.29. The summed E-state index contributed by atoms with van der Waals surface area (Å²) in [5, 5.41) is 5.13. The van der Waals surface area contributed by atoms with Gasteiger partial charge >= 0.3 is 0 Å². The molecular formula is C28H39N5S. The molecule has 0 unspecified atom stereocenters. The van der Waals surface area contributed by atoms with E-state index in [2.05, 4.69) is 64.7 Å². The fraction of sp³-hybridized carbons (Fsp3) is 0.500. The van der Waals surface area contributed by atoms with E-state index in [1.165, 1.54) is 49.2 Å². The summed E-state index contributed by atoms with van der Waals surface area (Å²) in [5.41, 5.74) is 9.60. The highest BCUT2D eigenvalue weighted by atomic mass is 32.2. The Hall–Kier alpha value is -2.15. The highest BCUT2D eigenvalue weighted by Crippen LogP contribution is 2.36. The summed E-state index contributed by atoms with van der Waals surface area (Å²) < 4.78 is 0. The molecule has 1 aliphatic heterocycles. The molecule has 0 amide bonds. The van der Waals surface area contributed by atoms with E-state index in [0.717, 1.165) is 29.4 Å². The zero-order chi connectivity index (χ0) is 23.9. The van der Waals surface area contributed by atoms with Crippen LogP contribution in [0.4, 0.5) is 11.6 Å². The van der Waals surface area contributed by atoms with E-state index in [9.17, 15) is 0 Å². The van der Waals surface area contributed by atoms with Gasteiger partial charge in [0.15, 0.2) is 0 Å². The van der Waals surface area contributed by atoms with E-state index in [4.69, 9.17) is 10.7 Å². The Morgan fingerprint density at radius 2 is 1.65 bits per heavy atom. The summed E-state index contributed by atoms with van der Waals surface area (Å²) in [7, 11) is 2.21. The zero-order valence-corrected chi connectivity index (χ0v) is 21.7. The Balaban J connectivity index is 0.00000133. The molecule has 2 fully saturated rings. The maximum atomic E-state index is 6.09. The lowest BCUT2D eigenvalue weighted by atomic mass is 9.89. The fourth-order valence-corrected chi connectivity index (χ4v) is 6.18. The Bertz CT molecular complexity index is 1040. The summed E-state index contributed by atoms with van der Waals surface area (Å²) in [6.45, 7) is 6.37. The molecule has 1 saturated heterocycles. The van der Waals surface area contributed by atoms with Crippen molar-refractivity contribution in [2.75, 3.05) is 25.5 Å². The summed E-state index contributed by atoms with van der Waals surface area (Å²) in [4.78, 5) is 13.1. The summed E-state index contributed by atoms with van der Waals surface area (Å²) in [5.74, 6) is 1.33. The highest BCUT2D eigenvalue weighted by Gasteiger charge is 2.21. The first kappa shape index (κ1) is 25.0. The molecule has 5 nitrogen and oxygen atoms in total. The van der Waals surface area contributed by atoms with Gasteiger partial charge in [-0.1, -0.05) is 38.1 Å². The van der Waals surface area contributed by atoms with Crippen molar-refractivity contribution in [3.63, 3.8) is 0 Å². The topological polar surface area (TPSA) is 67.1 Å². The summed E-state index contributed by atoms with van der Waals surface area (Å²) in [6, 6.07) is 15.6. The fourth-order valence-electron chi connectivity index (χ4n) is 4.88. The van der Waals surface area contributed by atoms with Gasteiger partial charge in [-0.2, -0.15) is 0 Å². The molecule has 182 valence electrons. The van der Waals surface area contributed by atoms with Crippen molar-refractivity contribution in [1.29, 1.82) is 0 Å². The van der Waals surface area contributed by atoms with Crippen molar-refractivity contribution in [1.82, 2.24) is 14.9 Å². The minimum Gasteiger partial charge on any atom is -0.328 e. The number of piperidine rings is 1. The van der Waals surface area contributed by atoms with Crippen molar-refractivity contribution >= 4 is 34.3 Å². The molecular weight excluding hydrogens is 438 g/mol. The number of fused-ring (bicyclic) bond motifs is 1. The van der Waals surface area contributed by atoms with E-state index in [1.807, 2.05) is 31.8 Å². The van der Waals surface area contributed by atoms with Gasteiger partial charge in [0, 0.05) is 33.5 Å². The van der Waals surface area contributed by atoms with Gasteiger partial charge in [0.05, 0.1) is 5.52 Å². The molecule has 1 aromatic heterocycles. The molecule has 0 atom stereocenters. The largest absolute Gasteiger partial charge is 0.328 e. The molecule has 2 aromatic carbocycles. The number of nitrogens with two attached hydrogens (primary N) is 1. The normalized spacial score (nSPS) is 21.6. The smallest absolute Gasteiger partial charge is 0.227 e. The third kappa shape index (κ3) is 6.29. The van der Waals surface area contributed by atoms with E-state index in [1.54, 1.807) is 0 Å². The van der Waals surface area contributed by atoms with Crippen LogP contribution < -0.4 is 11.1 Å². The number of anilines is 2. The Morgan fingerprint density at radius 1 is 0.941 bits per heavy atom.